The number of hydrogen-bond donors (Lipinski definition) is 1. The van der Waals surface area contributed by atoms with Crippen molar-refractivity contribution in [2.24, 2.45) is 4.99 Å². The second-order valence-electron chi connectivity index (χ2n) is 6.46. The highest BCUT2D eigenvalue weighted by atomic mass is 15.1. The molecule has 0 saturated heterocycles. The smallest absolute Gasteiger partial charge is 0.177 e. The molecule has 0 unspecified atom stereocenters. The number of rotatable bonds is 4. The molecule has 1 saturated carbocycles. The minimum atomic E-state index is 0.560. The molecule has 24 heavy (non-hydrogen) atoms. The molecular weight excluding hydrogens is 298 g/mol. The summed E-state index contributed by atoms with van der Waals surface area (Å²) in [5, 5.41) is 0. The predicted octanol–water partition coefficient (Wildman–Crippen LogP) is 3.54. The summed E-state index contributed by atoms with van der Waals surface area (Å²) in [6.45, 7) is 3.61. The lowest BCUT2D eigenvalue weighted by Gasteiger charge is -2.03. The van der Waals surface area contributed by atoms with E-state index in [1.807, 2.05) is 24.5 Å². The van der Waals surface area contributed by atoms with E-state index in [2.05, 4.69) is 33.6 Å². The molecule has 5 nitrogen and oxygen atoms in total. The average molecular weight is 321 g/mol. The van der Waals surface area contributed by atoms with E-state index >= 15 is 0 Å². The highest BCUT2D eigenvalue weighted by molar-refractivity contribution is 5.69. The topological polar surface area (TPSA) is 58.9 Å². The van der Waals surface area contributed by atoms with E-state index in [1.54, 1.807) is 0 Å². The maximum atomic E-state index is 4.89. The third kappa shape index (κ3) is 2.86. The van der Waals surface area contributed by atoms with Crippen molar-refractivity contribution >= 4 is 11.2 Å². The van der Waals surface area contributed by atoms with Crippen molar-refractivity contribution in [3.8, 4) is 0 Å². The van der Waals surface area contributed by atoms with Crippen LogP contribution in [0.3, 0.4) is 0 Å². The number of nitrogens with one attached hydrogen (secondary N) is 1. The van der Waals surface area contributed by atoms with E-state index in [-0.39, 0.29) is 0 Å². The van der Waals surface area contributed by atoms with Gasteiger partial charge in [0.25, 0.3) is 0 Å². The van der Waals surface area contributed by atoms with Crippen LogP contribution >= 0.6 is 0 Å². The summed E-state index contributed by atoms with van der Waals surface area (Å²) in [6, 6.07) is 10.3. The first kappa shape index (κ1) is 15.1. The number of aromatic amines is 1. The number of benzene rings is 1. The van der Waals surface area contributed by atoms with Crippen LogP contribution in [0.15, 0.2) is 41.7 Å². The Labute approximate surface area is 141 Å². The Morgan fingerprint density at radius 3 is 2.75 bits per heavy atom. The summed E-state index contributed by atoms with van der Waals surface area (Å²) in [7, 11) is 0. The van der Waals surface area contributed by atoms with Gasteiger partial charge >= 0.3 is 0 Å². The summed E-state index contributed by atoms with van der Waals surface area (Å²) in [4.78, 5) is 17.7. The molecule has 1 aliphatic rings. The molecule has 4 rings (SSSR count). The van der Waals surface area contributed by atoms with Gasteiger partial charge < -0.3 is 9.55 Å². The lowest BCUT2D eigenvalue weighted by molar-refractivity contribution is 0.678. The Morgan fingerprint density at radius 2 is 2.00 bits per heavy atom. The number of hydrogen-bond acceptors (Lipinski definition) is 3. The Kier molecular flexibility index (Phi) is 4.15. The summed E-state index contributed by atoms with van der Waals surface area (Å²) in [5.74, 6) is 1.67. The largest absolute Gasteiger partial charge is 0.337 e. The van der Waals surface area contributed by atoms with Gasteiger partial charge in [-0.25, -0.2) is 9.97 Å². The van der Waals surface area contributed by atoms with Crippen LogP contribution in [0.2, 0.25) is 0 Å². The molecule has 0 spiro atoms. The minimum absolute atomic E-state index is 0.560. The van der Waals surface area contributed by atoms with Crippen LogP contribution < -0.4 is 5.49 Å². The van der Waals surface area contributed by atoms with Crippen LogP contribution in [-0.2, 0) is 13.1 Å². The molecule has 0 amide bonds. The first-order valence-corrected chi connectivity index (χ1v) is 8.84. The van der Waals surface area contributed by atoms with E-state index < -0.39 is 0 Å². The van der Waals surface area contributed by atoms with Crippen molar-refractivity contribution in [3.63, 3.8) is 0 Å². The number of aryl methyl sites for hydroxylation is 1. The van der Waals surface area contributed by atoms with Crippen molar-refractivity contribution < 1.29 is 0 Å². The van der Waals surface area contributed by atoms with Gasteiger partial charge in [-0.05, 0) is 25.3 Å². The van der Waals surface area contributed by atoms with Gasteiger partial charge in [0.15, 0.2) is 11.1 Å². The van der Waals surface area contributed by atoms with Gasteiger partial charge in [0, 0.05) is 12.5 Å². The van der Waals surface area contributed by atoms with Crippen molar-refractivity contribution in [1.29, 1.82) is 0 Å². The lowest BCUT2D eigenvalue weighted by Crippen LogP contribution is -2.14. The molecule has 0 atom stereocenters. The Bertz CT molecular complexity index is 885. The SMILES string of the molecule is CCn1cnc(=NCc2ccccc2)c2[nH]c(C3CCCC3)nc21. The predicted molar refractivity (Wildman–Crippen MR) is 94.5 cm³/mol. The molecular formula is C19H23N5. The van der Waals surface area contributed by atoms with Crippen LogP contribution in [-0.4, -0.2) is 19.5 Å². The van der Waals surface area contributed by atoms with Gasteiger partial charge in [0.05, 0.1) is 12.9 Å². The van der Waals surface area contributed by atoms with Gasteiger partial charge in [-0.2, -0.15) is 0 Å². The zero-order chi connectivity index (χ0) is 16.4. The molecule has 1 fully saturated rings. The highest BCUT2D eigenvalue weighted by Gasteiger charge is 2.21. The molecule has 1 aliphatic carbocycles. The van der Waals surface area contributed by atoms with E-state index in [9.17, 15) is 0 Å². The van der Waals surface area contributed by atoms with Gasteiger partial charge in [-0.15, -0.1) is 0 Å². The maximum absolute atomic E-state index is 4.89. The summed E-state index contributed by atoms with van der Waals surface area (Å²) in [5.41, 5.74) is 3.89. The van der Waals surface area contributed by atoms with E-state index in [0.29, 0.717) is 12.5 Å². The lowest BCUT2D eigenvalue weighted by atomic mass is 10.1. The monoisotopic (exact) mass is 321 g/mol. The third-order valence-electron chi connectivity index (χ3n) is 4.85. The highest BCUT2D eigenvalue weighted by Crippen LogP contribution is 2.32. The third-order valence-corrected chi connectivity index (χ3v) is 4.85. The van der Waals surface area contributed by atoms with Gasteiger partial charge in [0.1, 0.15) is 11.3 Å². The fourth-order valence-electron chi connectivity index (χ4n) is 3.48. The average Bonchev–Trinajstić information content (AvgIpc) is 3.29. The number of nitrogens with zero attached hydrogens (tertiary/aromatic N) is 4. The second-order valence-corrected chi connectivity index (χ2v) is 6.46. The minimum Gasteiger partial charge on any atom is -0.337 e. The van der Waals surface area contributed by atoms with E-state index in [1.165, 1.54) is 31.2 Å². The van der Waals surface area contributed by atoms with Crippen LogP contribution in [0, 0.1) is 0 Å². The molecule has 124 valence electrons. The van der Waals surface area contributed by atoms with Gasteiger partial charge in [0.2, 0.25) is 0 Å². The molecule has 1 aromatic carbocycles. The first-order valence-electron chi connectivity index (χ1n) is 8.84. The second kappa shape index (κ2) is 6.59. The van der Waals surface area contributed by atoms with Crippen molar-refractivity contribution in [2.75, 3.05) is 0 Å². The van der Waals surface area contributed by atoms with Gasteiger partial charge in [-0.3, -0.25) is 4.99 Å². The number of imidazole rings is 1. The molecule has 2 heterocycles. The van der Waals surface area contributed by atoms with Crippen LogP contribution in [0.5, 0.6) is 0 Å². The Morgan fingerprint density at radius 1 is 1.21 bits per heavy atom. The molecule has 0 aliphatic heterocycles. The zero-order valence-electron chi connectivity index (χ0n) is 14.1. The number of aromatic nitrogens is 4. The molecule has 2 aromatic heterocycles. The molecule has 0 bridgehead atoms. The fourth-order valence-corrected chi connectivity index (χ4v) is 3.48. The van der Waals surface area contributed by atoms with Crippen molar-refractivity contribution in [2.45, 2.75) is 51.6 Å². The number of H-pyrrole nitrogens is 1. The summed E-state index contributed by atoms with van der Waals surface area (Å²) in [6.07, 6.45) is 6.93. The number of fused-ring (bicyclic) bond motifs is 1. The quantitative estimate of drug-likeness (QED) is 0.799. The molecule has 5 heteroatoms. The van der Waals surface area contributed by atoms with Crippen LogP contribution in [0.1, 0.15) is 49.9 Å². The van der Waals surface area contributed by atoms with E-state index in [4.69, 9.17) is 9.98 Å². The Hall–Kier alpha value is -2.43. The van der Waals surface area contributed by atoms with Crippen LogP contribution in [0.25, 0.3) is 11.2 Å². The molecule has 3 aromatic rings. The normalized spacial score (nSPS) is 16.3. The van der Waals surface area contributed by atoms with Crippen molar-refractivity contribution in [3.05, 3.63) is 53.5 Å². The van der Waals surface area contributed by atoms with E-state index in [0.717, 1.165) is 29.0 Å². The zero-order valence-corrected chi connectivity index (χ0v) is 14.1. The maximum Gasteiger partial charge on any atom is 0.177 e. The van der Waals surface area contributed by atoms with Crippen LogP contribution in [0.4, 0.5) is 0 Å². The molecule has 0 radical (unpaired) electrons. The standard InChI is InChI=1S/C19H23N5/c1-2-24-13-21-18(20-12-14-8-4-3-5-9-14)16-19(24)23-17(22-16)15-10-6-7-11-15/h3-5,8-9,13,15H,2,6-7,10-12H2,1H3,(H,22,23). The summed E-state index contributed by atoms with van der Waals surface area (Å²) >= 11 is 0. The van der Waals surface area contributed by atoms with Gasteiger partial charge in [-0.1, -0.05) is 43.2 Å². The Balaban J connectivity index is 1.77. The fraction of sp³-hybridized carbons (Fsp3) is 0.421. The van der Waals surface area contributed by atoms with Crippen molar-refractivity contribution in [1.82, 2.24) is 19.5 Å². The first-order chi connectivity index (χ1) is 11.8. The summed E-state index contributed by atoms with van der Waals surface area (Å²) < 4.78 is 2.09. The molecule has 1 N–H and O–H groups in total.